The largest absolute Gasteiger partial charge is 0.483 e. The molecule has 11 heteroatoms. The first kappa shape index (κ1) is 24.4. The third kappa shape index (κ3) is 6.61. The number of primary sulfonamides is 1. The van der Waals surface area contributed by atoms with E-state index in [4.69, 9.17) is 21.5 Å². The number of hydrogen-bond acceptors (Lipinski definition) is 5. The van der Waals surface area contributed by atoms with Crippen LogP contribution in [0.5, 0.6) is 5.75 Å². The highest BCUT2D eigenvalue weighted by Crippen LogP contribution is 2.25. The number of benzene rings is 2. The van der Waals surface area contributed by atoms with Crippen LogP contribution in [0.1, 0.15) is 18.1 Å². The smallest absolute Gasteiger partial charge is 0.260 e. The lowest BCUT2D eigenvalue weighted by Crippen LogP contribution is -2.54. The average Bonchev–Trinajstić information content (AvgIpc) is 2.69. The molecule has 0 saturated carbocycles. The number of ether oxygens (including phenoxy) is 1. The van der Waals surface area contributed by atoms with E-state index in [2.05, 4.69) is 4.90 Å². The summed E-state index contributed by atoms with van der Waals surface area (Å²) in [4.78, 5) is 16.5. The van der Waals surface area contributed by atoms with E-state index in [1.54, 1.807) is 11.0 Å². The van der Waals surface area contributed by atoms with E-state index in [0.29, 0.717) is 36.8 Å². The van der Waals surface area contributed by atoms with Gasteiger partial charge in [0.2, 0.25) is 10.0 Å². The summed E-state index contributed by atoms with van der Waals surface area (Å²) >= 11 is 5.93. The zero-order valence-corrected chi connectivity index (χ0v) is 19.0. The van der Waals surface area contributed by atoms with Crippen LogP contribution in [0.4, 0.5) is 8.78 Å². The molecule has 1 unspecified atom stereocenters. The molecule has 0 bridgehead atoms. The van der Waals surface area contributed by atoms with Gasteiger partial charge < -0.3 is 9.64 Å². The SMILES string of the molecule is CC1CN(Cc2ccc(F)c(F)c2)CCN1C(=O)COc1ccc(Cl)cc1CS(N)(=O)=O. The van der Waals surface area contributed by atoms with Crippen LogP contribution in [0, 0.1) is 11.6 Å². The van der Waals surface area contributed by atoms with Gasteiger partial charge in [-0.1, -0.05) is 17.7 Å². The van der Waals surface area contributed by atoms with Gasteiger partial charge >= 0.3 is 0 Å². The van der Waals surface area contributed by atoms with Gasteiger partial charge in [-0.15, -0.1) is 0 Å². The molecule has 0 aromatic heterocycles. The van der Waals surface area contributed by atoms with E-state index < -0.39 is 27.4 Å². The van der Waals surface area contributed by atoms with Gasteiger partial charge in [-0.2, -0.15) is 0 Å². The van der Waals surface area contributed by atoms with E-state index in [9.17, 15) is 22.0 Å². The molecule has 1 amide bonds. The van der Waals surface area contributed by atoms with Crippen molar-refractivity contribution in [3.05, 3.63) is 64.2 Å². The van der Waals surface area contributed by atoms with Crippen LogP contribution in [-0.4, -0.2) is 56.4 Å². The first-order chi connectivity index (χ1) is 15.0. The molecule has 3 rings (SSSR count). The molecule has 32 heavy (non-hydrogen) atoms. The zero-order valence-electron chi connectivity index (χ0n) is 17.4. The minimum absolute atomic E-state index is 0.126. The van der Waals surface area contributed by atoms with Gasteiger partial charge in [0.15, 0.2) is 18.2 Å². The monoisotopic (exact) mass is 487 g/mol. The number of halogens is 3. The Bertz CT molecular complexity index is 1100. The average molecular weight is 488 g/mol. The van der Waals surface area contributed by atoms with Crippen molar-refractivity contribution in [1.82, 2.24) is 9.80 Å². The summed E-state index contributed by atoms with van der Waals surface area (Å²) < 4.78 is 55.0. The molecule has 174 valence electrons. The summed E-state index contributed by atoms with van der Waals surface area (Å²) in [5.41, 5.74) is 0.932. The molecule has 2 aromatic carbocycles. The summed E-state index contributed by atoms with van der Waals surface area (Å²) in [6, 6.07) is 8.17. The number of carbonyl (C=O) groups excluding carboxylic acids is 1. The number of hydrogen-bond donors (Lipinski definition) is 1. The molecule has 0 radical (unpaired) electrons. The van der Waals surface area contributed by atoms with Crippen LogP contribution in [0.15, 0.2) is 36.4 Å². The first-order valence-electron chi connectivity index (χ1n) is 9.89. The molecular weight excluding hydrogens is 464 g/mol. The highest BCUT2D eigenvalue weighted by atomic mass is 35.5. The molecule has 0 spiro atoms. The summed E-state index contributed by atoms with van der Waals surface area (Å²) in [6.45, 7) is 3.63. The van der Waals surface area contributed by atoms with Crippen molar-refractivity contribution < 1.29 is 26.7 Å². The number of carbonyl (C=O) groups is 1. The quantitative estimate of drug-likeness (QED) is 0.647. The predicted molar refractivity (Wildman–Crippen MR) is 117 cm³/mol. The van der Waals surface area contributed by atoms with E-state index in [0.717, 1.165) is 6.07 Å². The molecule has 2 N–H and O–H groups in total. The van der Waals surface area contributed by atoms with E-state index >= 15 is 0 Å². The molecule has 1 saturated heterocycles. The second kappa shape index (κ2) is 10.1. The Morgan fingerprint density at radius 1 is 1.19 bits per heavy atom. The standard InChI is InChI=1S/C21H24ClF2N3O4S/c1-14-10-26(11-15-2-4-18(23)19(24)8-15)6-7-27(14)21(28)12-31-20-5-3-17(22)9-16(20)13-32(25,29)30/h2-5,8-9,14H,6-7,10-13H2,1H3,(H2,25,29,30). The Hall–Kier alpha value is -2.27. The van der Waals surface area contributed by atoms with Crippen LogP contribution in [0.3, 0.4) is 0 Å². The lowest BCUT2D eigenvalue weighted by atomic mass is 10.1. The number of nitrogens with zero attached hydrogens (tertiary/aromatic N) is 2. The lowest BCUT2D eigenvalue weighted by molar-refractivity contribution is -0.138. The van der Waals surface area contributed by atoms with E-state index in [-0.39, 0.29) is 29.9 Å². The van der Waals surface area contributed by atoms with Gasteiger partial charge in [0.05, 0.1) is 5.75 Å². The van der Waals surface area contributed by atoms with Crippen LogP contribution in [-0.2, 0) is 27.1 Å². The third-order valence-corrected chi connectivity index (χ3v) is 6.10. The second-order valence-corrected chi connectivity index (χ2v) is 9.82. The molecular formula is C21H24ClF2N3O4S. The fraction of sp³-hybridized carbons (Fsp3) is 0.381. The fourth-order valence-corrected chi connectivity index (χ4v) is 4.54. The second-order valence-electron chi connectivity index (χ2n) is 7.77. The first-order valence-corrected chi connectivity index (χ1v) is 12.0. The van der Waals surface area contributed by atoms with Crippen molar-refractivity contribution in [3.8, 4) is 5.75 Å². The van der Waals surface area contributed by atoms with Crippen LogP contribution in [0.25, 0.3) is 0 Å². The summed E-state index contributed by atoms with van der Waals surface area (Å²) in [6.07, 6.45) is 0. The summed E-state index contributed by atoms with van der Waals surface area (Å²) in [5, 5.41) is 5.44. The Balaban J connectivity index is 1.57. The molecule has 1 aliphatic heterocycles. The van der Waals surface area contributed by atoms with Crippen molar-refractivity contribution in [1.29, 1.82) is 0 Å². The lowest BCUT2D eigenvalue weighted by Gasteiger charge is -2.39. The Kier molecular flexibility index (Phi) is 7.71. The number of sulfonamides is 1. The van der Waals surface area contributed by atoms with Gasteiger partial charge in [-0.25, -0.2) is 22.3 Å². The minimum Gasteiger partial charge on any atom is -0.483 e. The highest BCUT2D eigenvalue weighted by molar-refractivity contribution is 7.88. The van der Waals surface area contributed by atoms with Crippen molar-refractivity contribution in [3.63, 3.8) is 0 Å². The number of rotatable bonds is 7. The van der Waals surface area contributed by atoms with Crippen molar-refractivity contribution in [2.45, 2.75) is 25.3 Å². The number of amides is 1. The van der Waals surface area contributed by atoms with Crippen LogP contribution < -0.4 is 9.88 Å². The topological polar surface area (TPSA) is 92.9 Å². The summed E-state index contributed by atoms with van der Waals surface area (Å²) in [5.74, 6) is -2.25. The molecule has 0 aliphatic carbocycles. The van der Waals surface area contributed by atoms with Crippen molar-refractivity contribution in [2.24, 2.45) is 5.14 Å². The number of nitrogens with two attached hydrogens (primary N) is 1. The molecule has 1 fully saturated rings. The Morgan fingerprint density at radius 2 is 1.94 bits per heavy atom. The summed E-state index contributed by atoms with van der Waals surface area (Å²) in [7, 11) is -3.81. The van der Waals surface area contributed by atoms with Gasteiger partial charge in [0.25, 0.3) is 5.91 Å². The zero-order chi connectivity index (χ0) is 23.5. The maximum atomic E-state index is 13.4. The molecule has 7 nitrogen and oxygen atoms in total. The van der Waals surface area contributed by atoms with Crippen LogP contribution in [0.2, 0.25) is 5.02 Å². The maximum absolute atomic E-state index is 13.4. The van der Waals surface area contributed by atoms with E-state index in [1.165, 1.54) is 24.3 Å². The molecule has 2 aromatic rings. The van der Waals surface area contributed by atoms with Crippen LogP contribution >= 0.6 is 11.6 Å². The third-order valence-electron chi connectivity index (χ3n) is 5.15. The molecule has 1 aliphatic rings. The van der Waals surface area contributed by atoms with E-state index in [1.807, 2.05) is 6.92 Å². The fourth-order valence-electron chi connectivity index (χ4n) is 3.68. The predicted octanol–water partition coefficient (Wildman–Crippen LogP) is 2.52. The van der Waals surface area contributed by atoms with Crippen molar-refractivity contribution >= 4 is 27.5 Å². The van der Waals surface area contributed by atoms with Gasteiger partial charge in [-0.3, -0.25) is 9.69 Å². The highest BCUT2D eigenvalue weighted by Gasteiger charge is 2.28. The molecule has 1 atom stereocenters. The maximum Gasteiger partial charge on any atom is 0.260 e. The van der Waals surface area contributed by atoms with Gasteiger partial charge in [0, 0.05) is 42.8 Å². The molecule has 1 heterocycles. The van der Waals surface area contributed by atoms with Crippen molar-refractivity contribution in [2.75, 3.05) is 26.2 Å². The number of piperazine rings is 1. The Labute approximate surface area is 190 Å². The van der Waals surface area contributed by atoms with Gasteiger partial charge in [0.1, 0.15) is 5.75 Å². The normalized spacial score (nSPS) is 17.4. The minimum atomic E-state index is -3.81. The Morgan fingerprint density at radius 3 is 2.59 bits per heavy atom. The van der Waals surface area contributed by atoms with Gasteiger partial charge in [-0.05, 0) is 42.8 Å².